The van der Waals surface area contributed by atoms with E-state index >= 15 is 0 Å². The standard InChI is InChI=1S/C14H14N4OS/c1-9-11(6-4-8-15)5-3-7-12(9)13(19)17-14-16-10(2)18-20-14/h3,5,7H,8,15H2,1-2H3,(H,16,17,18,19). The van der Waals surface area contributed by atoms with Crippen molar-refractivity contribution in [1.82, 2.24) is 9.36 Å². The van der Waals surface area contributed by atoms with Gasteiger partial charge in [0.15, 0.2) is 0 Å². The average molecular weight is 286 g/mol. The van der Waals surface area contributed by atoms with Crippen LogP contribution in [0.3, 0.4) is 0 Å². The highest BCUT2D eigenvalue weighted by atomic mass is 32.1. The van der Waals surface area contributed by atoms with Gasteiger partial charge in [0.2, 0.25) is 5.13 Å². The zero-order valence-electron chi connectivity index (χ0n) is 11.2. The van der Waals surface area contributed by atoms with Gasteiger partial charge in [-0.1, -0.05) is 17.9 Å². The van der Waals surface area contributed by atoms with Crippen LogP contribution >= 0.6 is 11.5 Å². The highest BCUT2D eigenvalue weighted by molar-refractivity contribution is 7.09. The fraction of sp³-hybridized carbons (Fsp3) is 0.214. The molecule has 0 aliphatic carbocycles. The molecule has 0 fully saturated rings. The zero-order valence-corrected chi connectivity index (χ0v) is 12.0. The second-order valence-electron chi connectivity index (χ2n) is 4.08. The number of aryl methyl sites for hydroxylation is 1. The fourth-order valence-corrected chi connectivity index (χ4v) is 2.25. The monoisotopic (exact) mass is 286 g/mol. The molecule has 20 heavy (non-hydrogen) atoms. The van der Waals surface area contributed by atoms with Gasteiger partial charge in [0.25, 0.3) is 5.91 Å². The van der Waals surface area contributed by atoms with Crippen molar-refractivity contribution in [2.24, 2.45) is 5.73 Å². The van der Waals surface area contributed by atoms with E-state index in [-0.39, 0.29) is 5.91 Å². The van der Waals surface area contributed by atoms with Crippen molar-refractivity contribution in [2.75, 3.05) is 11.9 Å². The lowest BCUT2D eigenvalue weighted by atomic mass is 10.0. The summed E-state index contributed by atoms with van der Waals surface area (Å²) in [6.45, 7) is 3.93. The minimum atomic E-state index is -0.213. The maximum Gasteiger partial charge on any atom is 0.257 e. The summed E-state index contributed by atoms with van der Waals surface area (Å²) in [4.78, 5) is 16.3. The third-order valence-electron chi connectivity index (χ3n) is 2.65. The van der Waals surface area contributed by atoms with Crippen LogP contribution in [-0.2, 0) is 0 Å². The number of hydrogen-bond acceptors (Lipinski definition) is 5. The van der Waals surface area contributed by atoms with Gasteiger partial charge in [0, 0.05) is 22.7 Å². The Morgan fingerprint density at radius 2 is 2.25 bits per heavy atom. The molecule has 0 saturated heterocycles. The zero-order chi connectivity index (χ0) is 14.5. The molecule has 2 aromatic rings. The molecule has 0 unspecified atom stereocenters. The molecule has 0 spiro atoms. The summed E-state index contributed by atoms with van der Waals surface area (Å²) in [7, 11) is 0. The van der Waals surface area contributed by atoms with Crippen molar-refractivity contribution in [1.29, 1.82) is 0 Å². The van der Waals surface area contributed by atoms with Crippen LogP contribution in [0.25, 0.3) is 0 Å². The number of nitrogens with two attached hydrogens (primary N) is 1. The van der Waals surface area contributed by atoms with Gasteiger partial charge in [0.1, 0.15) is 5.82 Å². The van der Waals surface area contributed by atoms with Crippen molar-refractivity contribution < 1.29 is 4.79 Å². The number of nitrogens with one attached hydrogen (secondary N) is 1. The number of hydrogen-bond donors (Lipinski definition) is 2. The summed E-state index contributed by atoms with van der Waals surface area (Å²) >= 11 is 1.16. The van der Waals surface area contributed by atoms with Gasteiger partial charge in [-0.25, -0.2) is 4.98 Å². The van der Waals surface area contributed by atoms with Crippen LogP contribution in [0.5, 0.6) is 0 Å². The SMILES string of the molecule is Cc1nsc(NC(=O)c2cccc(C#CCN)c2C)n1. The first-order valence-electron chi connectivity index (χ1n) is 6.02. The van der Waals surface area contributed by atoms with Gasteiger partial charge in [-0.3, -0.25) is 10.1 Å². The van der Waals surface area contributed by atoms with Crippen LogP contribution < -0.4 is 11.1 Å². The van der Waals surface area contributed by atoms with Crippen molar-refractivity contribution in [2.45, 2.75) is 13.8 Å². The van der Waals surface area contributed by atoms with E-state index in [0.717, 1.165) is 22.7 Å². The van der Waals surface area contributed by atoms with Gasteiger partial charge in [0.05, 0.1) is 6.54 Å². The van der Waals surface area contributed by atoms with E-state index in [1.165, 1.54) is 0 Å². The normalized spacial score (nSPS) is 9.75. The molecule has 2 rings (SSSR count). The maximum absolute atomic E-state index is 12.2. The molecule has 102 valence electrons. The van der Waals surface area contributed by atoms with Crippen molar-refractivity contribution in [3.05, 3.63) is 40.7 Å². The minimum Gasteiger partial charge on any atom is -0.320 e. The molecule has 0 aliphatic rings. The number of benzene rings is 1. The molecule has 0 saturated carbocycles. The number of rotatable bonds is 2. The first kappa shape index (κ1) is 14.2. The topological polar surface area (TPSA) is 80.9 Å². The smallest absolute Gasteiger partial charge is 0.257 e. The molecule has 6 heteroatoms. The third-order valence-corrected chi connectivity index (χ3v) is 3.37. The summed E-state index contributed by atoms with van der Waals surface area (Å²) in [5.74, 6) is 6.18. The van der Waals surface area contributed by atoms with E-state index in [0.29, 0.717) is 23.1 Å². The largest absolute Gasteiger partial charge is 0.320 e. The predicted molar refractivity (Wildman–Crippen MR) is 79.7 cm³/mol. The molecule has 1 amide bonds. The Morgan fingerprint density at radius 1 is 1.45 bits per heavy atom. The van der Waals surface area contributed by atoms with Crippen molar-refractivity contribution in [3.63, 3.8) is 0 Å². The first-order valence-corrected chi connectivity index (χ1v) is 6.79. The lowest BCUT2D eigenvalue weighted by Crippen LogP contribution is -2.13. The summed E-state index contributed by atoms with van der Waals surface area (Å²) in [5, 5.41) is 3.23. The number of anilines is 1. The Balaban J connectivity index is 2.26. The van der Waals surface area contributed by atoms with E-state index in [1.807, 2.05) is 13.0 Å². The minimum absolute atomic E-state index is 0.213. The fourth-order valence-electron chi connectivity index (χ4n) is 1.68. The molecule has 3 N–H and O–H groups in total. The number of amides is 1. The van der Waals surface area contributed by atoms with E-state index in [1.54, 1.807) is 19.1 Å². The molecule has 1 aromatic carbocycles. The molecule has 5 nitrogen and oxygen atoms in total. The second kappa shape index (κ2) is 6.28. The average Bonchev–Trinajstić information content (AvgIpc) is 2.83. The van der Waals surface area contributed by atoms with Crippen LogP contribution in [0.1, 0.15) is 27.3 Å². The lowest BCUT2D eigenvalue weighted by Gasteiger charge is -2.06. The maximum atomic E-state index is 12.2. The summed E-state index contributed by atoms with van der Waals surface area (Å²) in [6, 6.07) is 5.42. The number of nitrogens with zero attached hydrogens (tertiary/aromatic N) is 2. The molecular formula is C14H14N4OS. The lowest BCUT2D eigenvalue weighted by molar-refractivity contribution is 0.102. The van der Waals surface area contributed by atoms with Crippen LogP contribution in [0.15, 0.2) is 18.2 Å². The first-order chi connectivity index (χ1) is 9.61. The quantitative estimate of drug-likeness (QED) is 0.824. The van der Waals surface area contributed by atoms with E-state index in [4.69, 9.17) is 5.73 Å². The van der Waals surface area contributed by atoms with Gasteiger partial charge >= 0.3 is 0 Å². The van der Waals surface area contributed by atoms with Gasteiger partial charge in [-0.15, -0.1) is 0 Å². The molecule has 0 atom stereocenters. The van der Waals surface area contributed by atoms with Crippen LogP contribution in [0, 0.1) is 25.7 Å². The molecule has 0 radical (unpaired) electrons. The molecule has 0 bridgehead atoms. The Bertz CT molecular complexity index is 697. The molecule has 1 heterocycles. The highest BCUT2D eigenvalue weighted by Gasteiger charge is 2.12. The van der Waals surface area contributed by atoms with Crippen LogP contribution in [0.4, 0.5) is 5.13 Å². The molecule has 0 aliphatic heterocycles. The van der Waals surface area contributed by atoms with Crippen LogP contribution in [-0.4, -0.2) is 21.8 Å². The number of aromatic nitrogens is 2. The summed E-state index contributed by atoms with van der Waals surface area (Å²) < 4.78 is 4.02. The third kappa shape index (κ3) is 3.20. The Labute approximate surface area is 121 Å². The van der Waals surface area contributed by atoms with Gasteiger partial charge in [-0.2, -0.15) is 4.37 Å². The van der Waals surface area contributed by atoms with E-state index < -0.39 is 0 Å². The number of carbonyl (C=O) groups excluding carboxylic acids is 1. The van der Waals surface area contributed by atoms with Crippen molar-refractivity contribution >= 4 is 22.6 Å². The second-order valence-corrected chi connectivity index (χ2v) is 4.84. The molecular weight excluding hydrogens is 272 g/mol. The highest BCUT2D eigenvalue weighted by Crippen LogP contribution is 2.16. The number of carbonyl (C=O) groups is 1. The molecule has 1 aromatic heterocycles. The Morgan fingerprint density at radius 3 is 2.90 bits per heavy atom. The van der Waals surface area contributed by atoms with E-state index in [9.17, 15) is 4.79 Å². The summed E-state index contributed by atoms with van der Waals surface area (Å²) in [5.41, 5.74) is 7.56. The predicted octanol–water partition coefficient (Wildman–Crippen LogP) is 1.72. The van der Waals surface area contributed by atoms with Crippen LogP contribution in [0.2, 0.25) is 0 Å². The van der Waals surface area contributed by atoms with Crippen molar-refractivity contribution in [3.8, 4) is 11.8 Å². The Kier molecular flexibility index (Phi) is 4.45. The Hall–Kier alpha value is -2.23. The van der Waals surface area contributed by atoms with Gasteiger partial charge in [-0.05, 0) is 31.5 Å². The van der Waals surface area contributed by atoms with E-state index in [2.05, 4.69) is 26.5 Å². The summed E-state index contributed by atoms with van der Waals surface area (Å²) in [6.07, 6.45) is 0. The van der Waals surface area contributed by atoms with Gasteiger partial charge < -0.3 is 5.73 Å².